The van der Waals surface area contributed by atoms with Crippen LogP contribution in [0.2, 0.25) is 0 Å². The molecule has 1 aromatic rings. The number of nitrogens with one attached hydrogen (secondary N) is 1. The van der Waals surface area contributed by atoms with Gasteiger partial charge in [0.15, 0.2) is 9.84 Å². The number of hydrogen-bond donors (Lipinski definition) is 1. The highest BCUT2D eigenvalue weighted by atomic mass is 32.2. The van der Waals surface area contributed by atoms with Gasteiger partial charge >= 0.3 is 0 Å². The predicted molar refractivity (Wildman–Crippen MR) is 79.0 cm³/mol. The fourth-order valence-electron chi connectivity index (χ4n) is 3.01. The maximum atomic E-state index is 13.0. The number of rotatable bonds is 6. The Morgan fingerprint density at radius 1 is 1.19 bits per heavy atom. The molecule has 1 saturated carbocycles. The highest BCUT2D eigenvalue weighted by Crippen LogP contribution is 2.25. The van der Waals surface area contributed by atoms with Crippen LogP contribution in [0, 0.1) is 11.6 Å². The monoisotopic (exact) mass is 317 g/mol. The molecule has 6 heteroatoms. The Morgan fingerprint density at radius 2 is 1.86 bits per heavy atom. The van der Waals surface area contributed by atoms with E-state index in [1.165, 1.54) is 18.4 Å². The van der Waals surface area contributed by atoms with Crippen molar-refractivity contribution in [3.63, 3.8) is 0 Å². The summed E-state index contributed by atoms with van der Waals surface area (Å²) in [7, 11) is -3.01. The Labute approximate surface area is 124 Å². The Hall–Kier alpha value is -1.01. The van der Waals surface area contributed by atoms with Crippen molar-refractivity contribution in [2.75, 3.05) is 12.8 Å². The predicted octanol–water partition coefficient (Wildman–Crippen LogP) is 2.45. The molecule has 0 bridgehead atoms. The zero-order valence-corrected chi connectivity index (χ0v) is 12.9. The van der Waals surface area contributed by atoms with Crippen LogP contribution in [0.3, 0.4) is 0 Å². The first-order valence-electron chi connectivity index (χ1n) is 7.23. The first-order valence-corrected chi connectivity index (χ1v) is 9.19. The third kappa shape index (κ3) is 4.74. The Bertz CT molecular complexity index is 569. The van der Waals surface area contributed by atoms with Gasteiger partial charge in [-0.15, -0.1) is 0 Å². The zero-order valence-electron chi connectivity index (χ0n) is 12.1. The van der Waals surface area contributed by atoms with Gasteiger partial charge in [-0.05, 0) is 49.9 Å². The van der Waals surface area contributed by atoms with Gasteiger partial charge < -0.3 is 5.32 Å². The first-order chi connectivity index (χ1) is 9.86. The molecule has 0 aliphatic heterocycles. The molecule has 1 aromatic carbocycles. The van der Waals surface area contributed by atoms with E-state index in [9.17, 15) is 17.2 Å². The van der Waals surface area contributed by atoms with Crippen LogP contribution >= 0.6 is 0 Å². The molecular formula is C15H21F2NO2S. The number of halogens is 2. The van der Waals surface area contributed by atoms with Gasteiger partial charge in [0, 0.05) is 18.4 Å². The minimum atomic E-state index is -3.01. The van der Waals surface area contributed by atoms with Crippen LogP contribution in [-0.2, 0) is 16.3 Å². The van der Waals surface area contributed by atoms with Crippen molar-refractivity contribution in [3.8, 4) is 0 Å². The summed E-state index contributed by atoms with van der Waals surface area (Å²) in [6.07, 6.45) is 5.07. The second-order valence-electron chi connectivity index (χ2n) is 5.74. The smallest absolute Gasteiger partial charge is 0.151 e. The third-order valence-corrected chi connectivity index (χ3v) is 5.64. The Balaban J connectivity index is 1.79. The lowest BCUT2D eigenvalue weighted by Gasteiger charge is -2.19. The van der Waals surface area contributed by atoms with Gasteiger partial charge in [0.05, 0.1) is 5.25 Å². The van der Waals surface area contributed by atoms with Gasteiger partial charge in [-0.2, -0.15) is 0 Å². The fourth-order valence-corrected chi connectivity index (χ4v) is 4.43. The molecule has 2 rings (SSSR count). The van der Waals surface area contributed by atoms with E-state index in [0.29, 0.717) is 24.9 Å². The van der Waals surface area contributed by atoms with Crippen molar-refractivity contribution in [2.24, 2.45) is 0 Å². The van der Waals surface area contributed by atoms with Crippen molar-refractivity contribution < 1.29 is 17.2 Å². The lowest BCUT2D eigenvalue weighted by molar-refractivity contribution is 0.500. The fraction of sp³-hybridized carbons (Fsp3) is 0.600. The maximum absolute atomic E-state index is 13.0. The summed E-state index contributed by atoms with van der Waals surface area (Å²) in [5, 5.41) is 2.97. The van der Waals surface area contributed by atoms with Gasteiger partial charge in [0.25, 0.3) is 0 Å². The molecule has 0 heterocycles. The van der Waals surface area contributed by atoms with Crippen molar-refractivity contribution >= 4 is 9.84 Å². The van der Waals surface area contributed by atoms with Crippen LogP contribution in [0.1, 0.15) is 31.2 Å². The Kier molecular flexibility index (Phi) is 5.32. The largest absolute Gasteiger partial charge is 0.313 e. The van der Waals surface area contributed by atoms with Crippen molar-refractivity contribution in [2.45, 2.75) is 43.4 Å². The molecule has 118 valence electrons. The average molecular weight is 317 g/mol. The molecule has 21 heavy (non-hydrogen) atoms. The molecule has 0 saturated heterocycles. The molecular weight excluding hydrogens is 296 g/mol. The van der Waals surface area contributed by atoms with Crippen LogP contribution in [0.25, 0.3) is 0 Å². The molecule has 1 N–H and O–H groups in total. The van der Waals surface area contributed by atoms with Crippen molar-refractivity contribution in [1.29, 1.82) is 0 Å². The van der Waals surface area contributed by atoms with Crippen LogP contribution < -0.4 is 5.32 Å². The van der Waals surface area contributed by atoms with Crippen molar-refractivity contribution in [1.82, 2.24) is 5.32 Å². The molecule has 0 amide bonds. The second-order valence-corrected chi connectivity index (χ2v) is 8.01. The molecule has 0 aromatic heterocycles. The summed E-state index contributed by atoms with van der Waals surface area (Å²) in [4.78, 5) is 0. The molecule has 0 unspecified atom stereocenters. The molecule has 0 radical (unpaired) electrons. The number of hydrogen-bond acceptors (Lipinski definition) is 3. The summed E-state index contributed by atoms with van der Waals surface area (Å²) in [5.41, 5.74) is 0.625. The first kappa shape index (κ1) is 16.4. The topological polar surface area (TPSA) is 46.2 Å². The van der Waals surface area contributed by atoms with Crippen LogP contribution in [0.4, 0.5) is 8.78 Å². The summed E-state index contributed by atoms with van der Waals surface area (Å²) in [5.74, 6) is -1.13. The highest BCUT2D eigenvalue weighted by molar-refractivity contribution is 7.91. The summed E-state index contributed by atoms with van der Waals surface area (Å²) in [6.45, 7) is 0.648. The van der Waals surface area contributed by atoms with Crippen molar-refractivity contribution in [3.05, 3.63) is 35.4 Å². The van der Waals surface area contributed by atoms with Gasteiger partial charge in [0.2, 0.25) is 0 Å². The van der Waals surface area contributed by atoms with E-state index in [0.717, 1.165) is 25.3 Å². The van der Waals surface area contributed by atoms with Gasteiger partial charge in [0.1, 0.15) is 11.6 Å². The van der Waals surface area contributed by atoms with E-state index in [1.54, 1.807) is 0 Å². The highest BCUT2D eigenvalue weighted by Gasteiger charge is 2.34. The van der Waals surface area contributed by atoms with Gasteiger partial charge in [-0.25, -0.2) is 17.2 Å². The van der Waals surface area contributed by atoms with E-state index in [2.05, 4.69) is 5.32 Å². The quantitative estimate of drug-likeness (QED) is 0.820. The zero-order chi connectivity index (χ0) is 15.5. The van der Waals surface area contributed by atoms with E-state index in [4.69, 9.17) is 0 Å². The van der Waals surface area contributed by atoms with E-state index in [-0.39, 0.29) is 11.3 Å². The summed E-state index contributed by atoms with van der Waals surface area (Å²) >= 11 is 0. The van der Waals surface area contributed by atoms with E-state index in [1.807, 2.05) is 0 Å². The molecule has 1 aliphatic carbocycles. The molecule has 1 aliphatic rings. The molecule has 3 nitrogen and oxygen atoms in total. The minimum absolute atomic E-state index is 0.00393. The SMILES string of the molecule is CS(=O)(=O)[C@H]1CCC[C@H]1NCCCc1cc(F)cc(F)c1. The molecule has 2 atom stereocenters. The van der Waals surface area contributed by atoms with Gasteiger partial charge in [-0.3, -0.25) is 0 Å². The Morgan fingerprint density at radius 3 is 2.48 bits per heavy atom. The molecule has 1 fully saturated rings. The normalized spacial score (nSPS) is 22.6. The van der Waals surface area contributed by atoms with Crippen LogP contribution in [-0.4, -0.2) is 32.5 Å². The number of aryl methyl sites for hydroxylation is 1. The second kappa shape index (κ2) is 6.83. The maximum Gasteiger partial charge on any atom is 0.151 e. The van der Waals surface area contributed by atoms with E-state index < -0.39 is 21.5 Å². The van der Waals surface area contributed by atoms with Crippen LogP contribution in [0.5, 0.6) is 0 Å². The minimum Gasteiger partial charge on any atom is -0.313 e. The third-order valence-electron chi connectivity index (χ3n) is 3.97. The lowest BCUT2D eigenvalue weighted by atomic mass is 10.1. The standard InChI is InChI=1S/C15H21F2NO2S/c1-21(19,20)15-6-2-5-14(15)18-7-3-4-11-8-12(16)10-13(17)9-11/h8-10,14-15,18H,2-7H2,1H3/t14-,15+/m1/s1. The van der Waals surface area contributed by atoms with E-state index >= 15 is 0 Å². The van der Waals surface area contributed by atoms with Gasteiger partial charge in [-0.1, -0.05) is 6.42 Å². The number of sulfone groups is 1. The van der Waals surface area contributed by atoms with Crippen LogP contribution in [0.15, 0.2) is 18.2 Å². The molecule has 0 spiro atoms. The summed E-state index contributed by atoms with van der Waals surface area (Å²) < 4.78 is 49.4. The lowest BCUT2D eigenvalue weighted by Crippen LogP contribution is -2.40. The summed E-state index contributed by atoms with van der Waals surface area (Å²) in [6, 6.07) is 3.52. The average Bonchev–Trinajstić information content (AvgIpc) is 2.81. The number of benzene rings is 1.